The van der Waals surface area contributed by atoms with Gasteiger partial charge in [-0.15, -0.1) is 0 Å². The largest absolute Gasteiger partial charge is 0.468 e. The molecule has 1 atom stereocenters. The highest BCUT2D eigenvalue weighted by molar-refractivity contribution is 7.89. The summed E-state index contributed by atoms with van der Waals surface area (Å²) in [7, 11) is -6.71. The molecule has 12 heteroatoms. The zero-order valence-electron chi connectivity index (χ0n) is 19.7. The number of rotatable bonds is 10. The van der Waals surface area contributed by atoms with Crippen LogP contribution in [0.15, 0.2) is 100.0 Å². The second kappa shape index (κ2) is 10.9. The maximum absolute atomic E-state index is 13.0. The number of aromatic amines is 1. The van der Waals surface area contributed by atoms with Crippen molar-refractivity contribution in [2.45, 2.75) is 22.3 Å². The van der Waals surface area contributed by atoms with E-state index < -0.39 is 32.1 Å². The molecular weight excluding hydrogens is 516 g/mol. The molecule has 4 aromatic rings. The number of carbonyl (C=O) groups is 1. The number of hydrazone groups is 1. The molecule has 37 heavy (non-hydrogen) atoms. The number of hydrogen-bond donors (Lipinski definition) is 3. The molecule has 0 aliphatic rings. The Bertz CT molecular complexity index is 1630. The second-order valence-electron chi connectivity index (χ2n) is 8.00. The lowest BCUT2D eigenvalue weighted by molar-refractivity contribution is -0.142. The van der Waals surface area contributed by atoms with Crippen LogP contribution in [0.2, 0.25) is 0 Å². The van der Waals surface area contributed by atoms with E-state index in [-0.39, 0.29) is 16.2 Å². The number of nitrogens with zero attached hydrogens (tertiary/aromatic N) is 1. The van der Waals surface area contributed by atoms with Gasteiger partial charge in [-0.05, 0) is 41.5 Å². The van der Waals surface area contributed by atoms with Gasteiger partial charge in [0.05, 0.1) is 23.1 Å². The minimum absolute atomic E-state index is 0.0625. The molecule has 0 amide bonds. The molecule has 4 rings (SSSR count). The van der Waals surface area contributed by atoms with Crippen molar-refractivity contribution < 1.29 is 26.4 Å². The summed E-state index contributed by atoms with van der Waals surface area (Å²) in [6.45, 7) is 0. The maximum atomic E-state index is 13.0. The molecule has 3 aromatic carbocycles. The van der Waals surface area contributed by atoms with Crippen LogP contribution in [0.25, 0.3) is 10.9 Å². The van der Waals surface area contributed by atoms with Crippen LogP contribution in [-0.4, -0.2) is 47.2 Å². The number of hydrogen-bond acceptors (Lipinski definition) is 7. The van der Waals surface area contributed by atoms with Crippen molar-refractivity contribution in [2.75, 3.05) is 7.11 Å². The molecule has 1 heterocycles. The van der Waals surface area contributed by atoms with Gasteiger partial charge in [-0.3, -0.25) is 4.79 Å². The summed E-state index contributed by atoms with van der Waals surface area (Å²) in [5.41, 5.74) is 2.09. The Kier molecular flexibility index (Phi) is 7.71. The Labute approximate surface area is 214 Å². The molecule has 0 radical (unpaired) electrons. The van der Waals surface area contributed by atoms with E-state index in [4.69, 9.17) is 4.74 Å². The van der Waals surface area contributed by atoms with Crippen LogP contribution in [-0.2, 0) is 36.0 Å². The highest BCUT2D eigenvalue weighted by Gasteiger charge is 2.27. The smallest absolute Gasteiger partial charge is 0.324 e. The van der Waals surface area contributed by atoms with Crippen LogP contribution < -0.4 is 9.55 Å². The molecule has 0 aliphatic carbocycles. The number of esters is 1. The fourth-order valence-corrected chi connectivity index (χ4v) is 5.64. The average Bonchev–Trinajstić information content (AvgIpc) is 3.31. The van der Waals surface area contributed by atoms with E-state index in [0.29, 0.717) is 5.56 Å². The fourth-order valence-electron chi connectivity index (χ4n) is 3.65. The number of benzene rings is 3. The Morgan fingerprint density at radius 3 is 2.27 bits per heavy atom. The molecule has 0 saturated carbocycles. The molecule has 0 saturated heterocycles. The van der Waals surface area contributed by atoms with Crippen LogP contribution in [0.3, 0.4) is 0 Å². The monoisotopic (exact) mass is 540 g/mol. The van der Waals surface area contributed by atoms with Crippen LogP contribution in [0.4, 0.5) is 0 Å². The predicted molar refractivity (Wildman–Crippen MR) is 139 cm³/mol. The van der Waals surface area contributed by atoms with Gasteiger partial charge in [0.1, 0.15) is 6.04 Å². The van der Waals surface area contributed by atoms with Crippen molar-refractivity contribution in [3.8, 4) is 0 Å². The molecule has 192 valence electrons. The number of carbonyl (C=O) groups excluding carboxylic acids is 1. The minimum atomic E-state index is -4.08. The Balaban J connectivity index is 1.46. The highest BCUT2D eigenvalue weighted by Crippen LogP contribution is 2.20. The minimum Gasteiger partial charge on any atom is -0.468 e. The molecule has 0 bridgehead atoms. The van der Waals surface area contributed by atoms with E-state index in [1.165, 1.54) is 49.7 Å². The molecule has 0 aliphatic heterocycles. The van der Waals surface area contributed by atoms with Gasteiger partial charge < -0.3 is 9.72 Å². The van der Waals surface area contributed by atoms with Gasteiger partial charge in [-0.2, -0.15) is 18.2 Å². The van der Waals surface area contributed by atoms with Gasteiger partial charge in [0.2, 0.25) is 10.0 Å². The number of aromatic nitrogens is 1. The highest BCUT2D eigenvalue weighted by atomic mass is 32.2. The zero-order chi connectivity index (χ0) is 26.5. The summed E-state index contributed by atoms with van der Waals surface area (Å²) in [6.07, 6.45) is 3.07. The molecule has 0 unspecified atom stereocenters. The normalized spacial score (nSPS) is 13.0. The summed E-state index contributed by atoms with van der Waals surface area (Å²) in [6, 6.07) is 19.7. The van der Waals surface area contributed by atoms with E-state index >= 15 is 0 Å². The lowest BCUT2D eigenvalue weighted by Crippen LogP contribution is -2.42. The first kappa shape index (κ1) is 26.1. The summed E-state index contributed by atoms with van der Waals surface area (Å²) < 4.78 is 57.7. The number of para-hydroxylation sites is 1. The van der Waals surface area contributed by atoms with Crippen molar-refractivity contribution in [3.05, 3.63) is 96.2 Å². The van der Waals surface area contributed by atoms with Gasteiger partial charge >= 0.3 is 5.97 Å². The van der Waals surface area contributed by atoms with Crippen LogP contribution >= 0.6 is 0 Å². The first-order chi connectivity index (χ1) is 17.7. The molecule has 3 N–H and O–H groups in total. The maximum Gasteiger partial charge on any atom is 0.324 e. The Morgan fingerprint density at radius 2 is 1.57 bits per heavy atom. The van der Waals surface area contributed by atoms with Crippen molar-refractivity contribution in [1.29, 1.82) is 0 Å². The van der Waals surface area contributed by atoms with E-state index in [2.05, 4.69) is 19.6 Å². The third-order valence-corrected chi connectivity index (χ3v) is 8.24. The van der Waals surface area contributed by atoms with Crippen molar-refractivity contribution >= 4 is 43.1 Å². The number of sulfonamides is 2. The molecule has 0 fully saturated rings. The Morgan fingerprint density at radius 1 is 0.919 bits per heavy atom. The van der Waals surface area contributed by atoms with Crippen LogP contribution in [0, 0.1) is 0 Å². The first-order valence-electron chi connectivity index (χ1n) is 11.0. The second-order valence-corrected chi connectivity index (χ2v) is 11.4. The van der Waals surface area contributed by atoms with Gasteiger partial charge in [0.25, 0.3) is 10.0 Å². The van der Waals surface area contributed by atoms with E-state index in [0.717, 1.165) is 16.5 Å². The number of ether oxygens (including phenoxy) is 1. The SMILES string of the molecule is COC(=O)[C@@H](Cc1c[nH]c2ccccc12)NS(=O)(=O)c1ccc(/C=N/NS(=O)(=O)c2ccccc2)cc1. The zero-order valence-corrected chi connectivity index (χ0v) is 21.3. The van der Waals surface area contributed by atoms with Crippen LogP contribution in [0.1, 0.15) is 11.1 Å². The first-order valence-corrected chi connectivity index (χ1v) is 14.0. The lowest BCUT2D eigenvalue weighted by atomic mass is 10.1. The summed E-state index contributed by atoms with van der Waals surface area (Å²) in [5.74, 6) is -0.719. The Hall–Kier alpha value is -4.00. The predicted octanol–water partition coefficient (Wildman–Crippen LogP) is 2.54. The summed E-state index contributed by atoms with van der Waals surface area (Å²) >= 11 is 0. The van der Waals surface area contributed by atoms with Gasteiger partial charge in [-0.25, -0.2) is 13.2 Å². The van der Waals surface area contributed by atoms with E-state index in [9.17, 15) is 21.6 Å². The number of methoxy groups -OCH3 is 1. The van der Waals surface area contributed by atoms with Gasteiger partial charge in [-0.1, -0.05) is 48.5 Å². The molecule has 1 aromatic heterocycles. The van der Waals surface area contributed by atoms with E-state index in [1.54, 1.807) is 24.4 Å². The molecular formula is C25H24N4O6S2. The molecule has 0 spiro atoms. The quantitative estimate of drug-likeness (QED) is 0.160. The number of H-pyrrole nitrogens is 1. The standard InChI is InChI=1S/C25H24N4O6S2/c1-35-25(30)24(15-19-17-26-23-10-6-5-9-22(19)23)28-36(31,32)21-13-11-18(12-14-21)16-27-29-37(33,34)20-7-3-2-4-8-20/h2-14,16-17,24,26,28-29H,15H2,1H3/b27-16+/t24-/m1/s1. The van der Waals surface area contributed by atoms with Crippen molar-refractivity contribution in [1.82, 2.24) is 14.5 Å². The lowest BCUT2D eigenvalue weighted by Gasteiger charge is -2.16. The topological polar surface area (TPSA) is 147 Å². The van der Waals surface area contributed by atoms with Crippen LogP contribution in [0.5, 0.6) is 0 Å². The molecule has 10 nitrogen and oxygen atoms in total. The number of nitrogens with one attached hydrogen (secondary N) is 3. The van der Waals surface area contributed by atoms with Crippen molar-refractivity contribution in [2.24, 2.45) is 5.10 Å². The van der Waals surface area contributed by atoms with E-state index in [1.807, 2.05) is 24.3 Å². The van der Waals surface area contributed by atoms with Crippen molar-refractivity contribution in [3.63, 3.8) is 0 Å². The fraction of sp³-hybridized carbons (Fsp3) is 0.120. The summed E-state index contributed by atoms with van der Waals surface area (Å²) in [5, 5.41) is 4.62. The third-order valence-electron chi connectivity index (χ3n) is 5.51. The average molecular weight is 541 g/mol. The summed E-state index contributed by atoms with van der Waals surface area (Å²) in [4.78, 5) is 17.6. The van der Waals surface area contributed by atoms with Gasteiger partial charge in [0, 0.05) is 23.5 Å². The number of fused-ring (bicyclic) bond motifs is 1. The van der Waals surface area contributed by atoms with Gasteiger partial charge in [0.15, 0.2) is 0 Å². The third kappa shape index (κ3) is 6.23.